The molecule has 110 valence electrons. The van der Waals surface area contributed by atoms with Gasteiger partial charge in [-0.2, -0.15) is 0 Å². The first-order chi connectivity index (χ1) is 10.1. The number of carbonyl (C=O) groups is 1. The van der Waals surface area contributed by atoms with E-state index >= 15 is 0 Å². The first-order valence-electron chi connectivity index (χ1n) is 6.96. The molecule has 0 atom stereocenters. The summed E-state index contributed by atoms with van der Waals surface area (Å²) in [6, 6.07) is 11.1. The van der Waals surface area contributed by atoms with Gasteiger partial charge in [0.15, 0.2) is 0 Å². The van der Waals surface area contributed by atoms with Gasteiger partial charge in [0.05, 0.1) is 5.56 Å². The second kappa shape index (κ2) is 6.74. The van der Waals surface area contributed by atoms with Gasteiger partial charge >= 0.3 is 0 Å². The number of rotatable bonds is 6. The predicted octanol–water partition coefficient (Wildman–Crippen LogP) is 2.18. The van der Waals surface area contributed by atoms with Crippen LogP contribution in [0.5, 0.6) is 0 Å². The molecule has 1 aromatic heterocycles. The third kappa shape index (κ3) is 3.72. The van der Waals surface area contributed by atoms with Crippen molar-refractivity contribution in [1.29, 1.82) is 0 Å². The number of benzene rings is 1. The summed E-state index contributed by atoms with van der Waals surface area (Å²) in [5.74, 6) is 0.167. The average Bonchev–Trinajstić information content (AvgIpc) is 2.49. The summed E-state index contributed by atoms with van der Waals surface area (Å²) in [6.07, 6.45) is 2.62. The summed E-state index contributed by atoms with van der Waals surface area (Å²) >= 11 is 0. The van der Waals surface area contributed by atoms with Gasteiger partial charge in [-0.25, -0.2) is 4.98 Å². The highest BCUT2D eigenvalue weighted by Crippen LogP contribution is 2.20. The molecule has 0 aliphatic rings. The zero-order valence-electron chi connectivity index (χ0n) is 12.1. The maximum absolute atomic E-state index is 11.6. The number of hydrogen-bond donors (Lipinski definition) is 2. The lowest BCUT2D eigenvalue weighted by Gasteiger charge is -2.25. The molecule has 0 unspecified atom stereocenters. The van der Waals surface area contributed by atoms with Gasteiger partial charge in [0, 0.05) is 25.0 Å². The van der Waals surface area contributed by atoms with Crippen LogP contribution >= 0.6 is 0 Å². The van der Waals surface area contributed by atoms with Gasteiger partial charge in [0.2, 0.25) is 0 Å². The molecule has 2 rings (SSSR count). The number of pyridine rings is 1. The van der Waals surface area contributed by atoms with E-state index in [2.05, 4.69) is 16.8 Å². The molecule has 0 radical (unpaired) electrons. The first-order valence-corrected chi connectivity index (χ1v) is 6.96. The lowest BCUT2D eigenvalue weighted by atomic mass is 10.1. The maximum Gasteiger partial charge on any atom is 0.252 e. The van der Waals surface area contributed by atoms with Crippen LogP contribution in [0.2, 0.25) is 0 Å². The molecule has 1 heterocycles. The zero-order chi connectivity index (χ0) is 15.2. The van der Waals surface area contributed by atoms with E-state index in [0.29, 0.717) is 17.9 Å². The van der Waals surface area contributed by atoms with Crippen molar-refractivity contribution in [3.8, 4) is 0 Å². The SMILES string of the molecule is CCCN(Cc1ccc(N)cc1)c1ncccc1C(N)=O. The summed E-state index contributed by atoms with van der Waals surface area (Å²) in [6.45, 7) is 3.54. The highest BCUT2D eigenvalue weighted by molar-refractivity contribution is 5.97. The maximum atomic E-state index is 11.6. The van der Waals surface area contributed by atoms with E-state index in [-0.39, 0.29) is 0 Å². The normalized spacial score (nSPS) is 10.3. The van der Waals surface area contributed by atoms with Gasteiger partial charge in [-0.05, 0) is 36.2 Å². The van der Waals surface area contributed by atoms with Crippen LogP contribution < -0.4 is 16.4 Å². The van der Waals surface area contributed by atoms with Crippen molar-refractivity contribution in [2.45, 2.75) is 19.9 Å². The minimum absolute atomic E-state index is 0.446. The second-order valence-electron chi connectivity index (χ2n) is 4.90. The van der Waals surface area contributed by atoms with Gasteiger partial charge in [-0.1, -0.05) is 19.1 Å². The summed E-state index contributed by atoms with van der Waals surface area (Å²) in [5, 5.41) is 0. The minimum Gasteiger partial charge on any atom is -0.399 e. The number of nitrogens with zero attached hydrogens (tertiary/aromatic N) is 2. The van der Waals surface area contributed by atoms with Gasteiger partial charge in [0.25, 0.3) is 5.91 Å². The molecule has 0 aliphatic carbocycles. The van der Waals surface area contributed by atoms with Gasteiger partial charge in [-0.15, -0.1) is 0 Å². The number of aromatic nitrogens is 1. The number of anilines is 2. The Hall–Kier alpha value is -2.56. The van der Waals surface area contributed by atoms with Crippen molar-refractivity contribution < 1.29 is 4.79 Å². The molecule has 0 bridgehead atoms. The molecule has 0 saturated carbocycles. The zero-order valence-corrected chi connectivity index (χ0v) is 12.1. The number of carbonyl (C=O) groups excluding carboxylic acids is 1. The quantitative estimate of drug-likeness (QED) is 0.796. The van der Waals surface area contributed by atoms with Crippen LogP contribution in [-0.4, -0.2) is 17.4 Å². The number of amides is 1. The molecule has 5 heteroatoms. The second-order valence-corrected chi connectivity index (χ2v) is 4.90. The van der Waals surface area contributed by atoms with Crippen LogP contribution in [0.15, 0.2) is 42.6 Å². The molecule has 0 spiro atoms. The molecule has 4 N–H and O–H groups in total. The Morgan fingerprint density at radius 1 is 1.24 bits per heavy atom. The molecular weight excluding hydrogens is 264 g/mol. The van der Waals surface area contributed by atoms with Crippen LogP contribution in [0.3, 0.4) is 0 Å². The monoisotopic (exact) mass is 284 g/mol. The largest absolute Gasteiger partial charge is 0.399 e. The lowest BCUT2D eigenvalue weighted by Crippen LogP contribution is -2.27. The smallest absolute Gasteiger partial charge is 0.252 e. The minimum atomic E-state index is -0.462. The Morgan fingerprint density at radius 2 is 1.95 bits per heavy atom. The Balaban J connectivity index is 2.30. The molecule has 1 aromatic carbocycles. The van der Waals surface area contributed by atoms with Crippen molar-refractivity contribution in [2.75, 3.05) is 17.2 Å². The van der Waals surface area contributed by atoms with Crippen molar-refractivity contribution in [1.82, 2.24) is 4.98 Å². The molecule has 2 aromatic rings. The number of nitrogen functional groups attached to an aromatic ring is 1. The third-order valence-electron chi connectivity index (χ3n) is 3.20. The predicted molar refractivity (Wildman–Crippen MR) is 85.0 cm³/mol. The van der Waals surface area contributed by atoms with Crippen LogP contribution in [-0.2, 0) is 6.54 Å². The third-order valence-corrected chi connectivity index (χ3v) is 3.20. The summed E-state index contributed by atoms with van der Waals surface area (Å²) in [4.78, 5) is 18.0. The molecule has 1 amide bonds. The lowest BCUT2D eigenvalue weighted by molar-refractivity contribution is 0.100. The van der Waals surface area contributed by atoms with Gasteiger partial charge in [0.1, 0.15) is 5.82 Å². The highest BCUT2D eigenvalue weighted by atomic mass is 16.1. The molecule has 0 aliphatic heterocycles. The van der Waals surface area contributed by atoms with E-state index in [0.717, 1.165) is 24.2 Å². The number of primary amides is 1. The fourth-order valence-electron chi connectivity index (χ4n) is 2.21. The topological polar surface area (TPSA) is 85.2 Å². The van der Waals surface area contributed by atoms with Crippen LogP contribution in [0.4, 0.5) is 11.5 Å². The molecule has 21 heavy (non-hydrogen) atoms. The van der Waals surface area contributed by atoms with E-state index < -0.39 is 5.91 Å². The summed E-state index contributed by atoms with van der Waals surface area (Å²) in [7, 11) is 0. The molecule has 0 fully saturated rings. The number of hydrogen-bond acceptors (Lipinski definition) is 4. The van der Waals surface area contributed by atoms with Crippen molar-refractivity contribution in [3.05, 3.63) is 53.7 Å². The summed E-state index contributed by atoms with van der Waals surface area (Å²) < 4.78 is 0. The highest BCUT2D eigenvalue weighted by Gasteiger charge is 2.15. The Morgan fingerprint density at radius 3 is 2.57 bits per heavy atom. The van der Waals surface area contributed by atoms with E-state index in [1.165, 1.54) is 0 Å². The van der Waals surface area contributed by atoms with Crippen molar-refractivity contribution in [2.24, 2.45) is 5.73 Å². The Kier molecular flexibility index (Phi) is 4.77. The van der Waals surface area contributed by atoms with E-state index in [1.807, 2.05) is 24.3 Å². The van der Waals surface area contributed by atoms with Crippen LogP contribution in [0, 0.1) is 0 Å². The fraction of sp³-hybridized carbons (Fsp3) is 0.250. The van der Waals surface area contributed by atoms with Crippen molar-refractivity contribution in [3.63, 3.8) is 0 Å². The standard InChI is InChI=1S/C16H20N4O/c1-2-10-20(11-12-5-7-13(17)8-6-12)16-14(15(18)21)4-3-9-19-16/h3-9H,2,10-11,17H2,1H3,(H2,18,21). The van der Waals surface area contributed by atoms with Gasteiger partial charge in [-0.3, -0.25) is 4.79 Å². The fourth-order valence-corrected chi connectivity index (χ4v) is 2.21. The Labute approximate surface area is 124 Å². The molecular formula is C16H20N4O. The molecule has 5 nitrogen and oxygen atoms in total. The average molecular weight is 284 g/mol. The van der Waals surface area contributed by atoms with Crippen molar-refractivity contribution >= 4 is 17.4 Å². The van der Waals surface area contributed by atoms with E-state index in [4.69, 9.17) is 11.5 Å². The number of nitrogens with two attached hydrogens (primary N) is 2. The molecule has 0 saturated heterocycles. The van der Waals surface area contributed by atoms with E-state index in [9.17, 15) is 4.79 Å². The Bertz CT molecular complexity index is 610. The summed E-state index contributed by atoms with van der Waals surface area (Å²) in [5.41, 5.74) is 13.4. The van der Waals surface area contributed by atoms with Crippen LogP contribution in [0.1, 0.15) is 29.3 Å². The van der Waals surface area contributed by atoms with Gasteiger partial charge < -0.3 is 16.4 Å². The van der Waals surface area contributed by atoms with Crippen LogP contribution in [0.25, 0.3) is 0 Å². The first kappa shape index (κ1) is 14.8. The van der Waals surface area contributed by atoms with E-state index in [1.54, 1.807) is 18.3 Å².